The molecule has 2 aliphatic rings. The number of benzene rings is 2. The van der Waals surface area contributed by atoms with Crippen LogP contribution in [-0.4, -0.2) is 43.7 Å². The smallest absolute Gasteiger partial charge is 0.225 e. The summed E-state index contributed by atoms with van der Waals surface area (Å²) in [6, 6.07) is 20.7. The number of piperazine rings is 1. The number of ether oxygens (including phenoxy) is 1. The summed E-state index contributed by atoms with van der Waals surface area (Å²) >= 11 is 0. The fourth-order valence-corrected chi connectivity index (χ4v) is 4.90. The number of hydrogen-bond donors (Lipinski definition) is 1. The number of para-hydroxylation sites is 1. The number of pyridine rings is 1. The number of carbonyl (C=O) groups is 1. The molecule has 0 bridgehead atoms. The van der Waals surface area contributed by atoms with Crippen molar-refractivity contribution in [3.63, 3.8) is 0 Å². The Morgan fingerprint density at radius 2 is 2.00 bits per heavy atom. The highest BCUT2D eigenvalue weighted by atomic mass is 16.5. The van der Waals surface area contributed by atoms with Gasteiger partial charge in [-0.25, -0.2) is 0 Å². The molecule has 6 nitrogen and oxygen atoms in total. The van der Waals surface area contributed by atoms with Crippen molar-refractivity contribution in [2.75, 3.05) is 36.5 Å². The van der Waals surface area contributed by atoms with Gasteiger partial charge in [-0.1, -0.05) is 30.3 Å². The van der Waals surface area contributed by atoms with Gasteiger partial charge in [0.25, 0.3) is 0 Å². The number of nitrogens with zero attached hydrogens (tertiary/aromatic N) is 3. The van der Waals surface area contributed by atoms with Crippen molar-refractivity contribution < 1.29 is 9.53 Å². The highest BCUT2D eigenvalue weighted by Gasteiger charge is 2.41. The Morgan fingerprint density at radius 1 is 1.12 bits per heavy atom. The lowest BCUT2D eigenvalue weighted by Gasteiger charge is -2.49. The lowest BCUT2D eigenvalue weighted by atomic mass is 9.83. The molecule has 1 fully saturated rings. The first-order valence-electron chi connectivity index (χ1n) is 11.1. The Hall–Kier alpha value is -3.54. The topological polar surface area (TPSA) is 57.7 Å². The van der Waals surface area contributed by atoms with E-state index in [-0.39, 0.29) is 17.9 Å². The van der Waals surface area contributed by atoms with E-state index in [1.54, 1.807) is 19.5 Å². The maximum atomic E-state index is 13.4. The fourth-order valence-electron chi connectivity index (χ4n) is 4.90. The van der Waals surface area contributed by atoms with Gasteiger partial charge in [0, 0.05) is 56.0 Å². The number of anilines is 2. The summed E-state index contributed by atoms with van der Waals surface area (Å²) in [5.74, 6) is 0.826. The van der Waals surface area contributed by atoms with Gasteiger partial charge < -0.3 is 19.9 Å². The molecule has 2 aromatic carbocycles. The quantitative estimate of drug-likeness (QED) is 0.676. The average molecular weight is 429 g/mol. The molecular weight excluding hydrogens is 400 g/mol. The molecule has 2 aliphatic heterocycles. The largest absolute Gasteiger partial charge is 0.497 e. The van der Waals surface area contributed by atoms with Gasteiger partial charge in [-0.3, -0.25) is 9.78 Å². The SMILES string of the molecule is COc1ccc2c(c1)N1CCN(c3ccccc3)C[C@@H]1[C@@H](C(=O)NCc1cccnc1)C2. The molecule has 1 aromatic heterocycles. The molecule has 0 spiro atoms. The number of fused-ring (bicyclic) bond motifs is 3. The van der Waals surface area contributed by atoms with Gasteiger partial charge >= 0.3 is 0 Å². The molecule has 3 heterocycles. The maximum absolute atomic E-state index is 13.4. The number of nitrogens with one attached hydrogen (secondary N) is 1. The molecule has 0 aliphatic carbocycles. The summed E-state index contributed by atoms with van der Waals surface area (Å²) in [5.41, 5.74) is 4.61. The zero-order chi connectivity index (χ0) is 21.9. The van der Waals surface area contributed by atoms with Gasteiger partial charge in [0.15, 0.2) is 0 Å². The standard InChI is InChI=1S/C26H28N4O2/c1-32-22-10-9-20-14-23(26(31)28-17-19-6-5-11-27-16-19)25-18-29(21-7-3-2-4-8-21)12-13-30(25)24(20)15-22/h2-11,15-16,23,25H,12-14,17-18H2,1H3,(H,28,31)/t23-,25+/m0/s1. The van der Waals surface area contributed by atoms with E-state index in [2.05, 4.69) is 56.5 Å². The second-order valence-corrected chi connectivity index (χ2v) is 8.43. The minimum absolute atomic E-state index is 0.0949. The maximum Gasteiger partial charge on any atom is 0.225 e. The van der Waals surface area contributed by atoms with E-state index in [4.69, 9.17) is 4.74 Å². The zero-order valence-electron chi connectivity index (χ0n) is 18.3. The van der Waals surface area contributed by atoms with Gasteiger partial charge in [0.05, 0.1) is 19.1 Å². The van der Waals surface area contributed by atoms with Crippen molar-refractivity contribution in [2.45, 2.75) is 19.0 Å². The van der Waals surface area contributed by atoms with Gasteiger partial charge in [-0.15, -0.1) is 0 Å². The molecule has 1 amide bonds. The molecule has 0 radical (unpaired) electrons. The van der Waals surface area contributed by atoms with Crippen LogP contribution in [0, 0.1) is 5.92 Å². The van der Waals surface area contributed by atoms with Gasteiger partial charge in [-0.05, 0) is 41.8 Å². The Labute approximate surface area is 188 Å². The minimum Gasteiger partial charge on any atom is -0.497 e. The first-order chi connectivity index (χ1) is 15.7. The van der Waals surface area contributed by atoms with Crippen molar-refractivity contribution in [3.8, 4) is 5.75 Å². The monoisotopic (exact) mass is 428 g/mol. The van der Waals surface area contributed by atoms with Crippen LogP contribution in [0.3, 0.4) is 0 Å². The number of hydrogen-bond acceptors (Lipinski definition) is 5. The van der Waals surface area contributed by atoms with Gasteiger partial charge in [-0.2, -0.15) is 0 Å². The highest BCUT2D eigenvalue weighted by molar-refractivity contribution is 5.82. The second-order valence-electron chi connectivity index (χ2n) is 8.43. The molecule has 0 saturated carbocycles. The van der Waals surface area contributed by atoms with E-state index in [1.807, 2.05) is 24.3 Å². The molecule has 3 aromatic rings. The third kappa shape index (κ3) is 4.00. The summed E-state index contributed by atoms with van der Waals surface area (Å²) in [7, 11) is 1.70. The molecule has 1 saturated heterocycles. The molecule has 6 heteroatoms. The van der Waals surface area contributed by atoms with E-state index < -0.39 is 0 Å². The van der Waals surface area contributed by atoms with E-state index in [1.165, 1.54) is 16.9 Å². The molecule has 0 unspecified atom stereocenters. The van der Waals surface area contributed by atoms with Crippen LogP contribution in [0.2, 0.25) is 0 Å². The van der Waals surface area contributed by atoms with Crippen molar-refractivity contribution in [3.05, 3.63) is 84.2 Å². The lowest BCUT2D eigenvalue weighted by molar-refractivity contribution is -0.126. The molecule has 2 atom stereocenters. The van der Waals surface area contributed by atoms with E-state index in [0.29, 0.717) is 6.54 Å². The number of methoxy groups -OCH3 is 1. The number of rotatable bonds is 5. The average Bonchev–Trinajstić information content (AvgIpc) is 2.87. The first-order valence-corrected chi connectivity index (χ1v) is 11.1. The Morgan fingerprint density at radius 3 is 2.78 bits per heavy atom. The first kappa shape index (κ1) is 20.4. The van der Waals surface area contributed by atoms with Crippen molar-refractivity contribution in [2.24, 2.45) is 5.92 Å². The van der Waals surface area contributed by atoms with Crippen molar-refractivity contribution >= 4 is 17.3 Å². The van der Waals surface area contributed by atoms with Crippen LogP contribution in [0.1, 0.15) is 11.1 Å². The summed E-state index contributed by atoms with van der Waals surface area (Å²) < 4.78 is 5.49. The van der Waals surface area contributed by atoms with Crippen LogP contribution in [0.15, 0.2) is 73.1 Å². The van der Waals surface area contributed by atoms with E-state index in [9.17, 15) is 4.79 Å². The number of carbonyl (C=O) groups excluding carboxylic acids is 1. The third-order valence-corrected chi connectivity index (χ3v) is 6.57. The minimum atomic E-state index is -0.126. The van der Waals surface area contributed by atoms with E-state index >= 15 is 0 Å². The Balaban J connectivity index is 1.42. The summed E-state index contributed by atoms with van der Waals surface area (Å²) in [5, 5.41) is 3.16. The second kappa shape index (κ2) is 8.91. The van der Waals surface area contributed by atoms with E-state index in [0.717, 1.165) is 37.4 Å². The predicted molar refractivity (Wildman–Crippen MR) is 126 cm³/mol. The Kier molecular flexibility index (Phi) is 5.67. The highest BCUT2D eigenvalue weighted by Crippen LogP contribution is 2.38. The molecule has 32 heavy (non-hydrogen) atoms. The molecule has 1 N–H and O–H groups in total. The van der Waals surface area contributed by atoms with Crippen LogP contribution in [0.5, 0.6) is 5.75 Å². The van der Waals surface area contributed by atoms with Crippen LogP contribution < -0.4 is 19.9 Å². The van der Waals surface area contributed by atoms with Crippen LogP contribution in [-0.2, 0) is 17.8 Å². The molecule has 164 valence electrons. The zero-order valence-corrected chi connectivity index (χ0v) is 18.3. The lowest BCUT2D eigenvalue weighted by Crippen LogP contribution is -2.61. The normalized spacial score (nSPS) is 19.7. The van der Waals surface area contributed by atoms with Gasteiger partial charge in [0.2, 0.25) is 5.91 Å². The number of amides is 1. The third-order valence-electron chi connectivity index (χ3n) is 6.57. The summed E-state index contributed by atoms with van der Waals surface area (Å²) in [6.45, 7) is 3.09. The molecule has 5 rings (SSSR count). The predicted octanol–water partition coefficient (Wildman–Crippen LogP) is 3.27. The van der Waals surface area contributed by atoms with Crippen molar-refractivity contribution in [1.82, 2.24) is 10.3 Å². The Bertz CT molecular complexity index is 1070. The number of aromatic nitrogens is 1. The summed E-state index contributed by atoms with van der Waals surface area (Å²) in [4.78, 5) is 22.4. The summed E-state index contributed by atoms with van der Waals surface area (Å²) in [6.07, 6.45) is 4.27. The van der Waals surface area contributed by atoms with Crippen molar-refractivity contribution in [1.29, 1.82) is 0 Å². The van der Waals surface area contributed by atoms with Crippen LogP contribution in [0.4, 0.5) is 11.4 Å². The fraction of sp³-hybridized carbons (Fsp3) is 0.308. The van der Waals surface area contributed by atoms with Crippen LogP contribution >= 0.6 is 0 Å². The molecular formula is C26H28N4O2. The van der Waals surface area contributed by atoms with Crippen LogP contribution in [0.25, 0.3) is 0 Å². The van der Waals surface area contributed by atoms with Gasteiger partial charge in [0.1, 0.15) is 5.75 Å².